The molecule has 3 aliphatic rings. The van der Waals surface area contributed by atoms with E-state index in [2.05, 4.69) is 6.92 Å². The minimum Gasteiger partial charge on any atom is -0.432 e. The second-order valence-corrected chi connectivity index (χ2v) is 12.7. The van der Waals surface area contributed by atoms with Gasteiger partial charge in [0, 0.05) is 17.9 Å². The molecule has 0 spiro atoms. The van der Waals surface area contributed by atoms with Gasteiger partial charge in [-0.05, 0) is 98.9 Å². The standard InChI is InChI=1S/C34H42F6O3/c1-2-3-4-5-21-19-41-33(42-20-21)24-10-12-26(13-11-24)34(39,40)43-27-14-15-28(29(35)18-27)23-8-6-22(7-9-23)25-16-30(36)32(38)31(37)17-25/h14-18,21-24,26,33H,2-13,19-20H2,1H3. The van der Waals surface area contributed by atoms with Gasteiger partial charge in [-0.2, -0.15) is 8.78 Å². The van der Waals surface area contributed by atoms with Crippen LogP contribution in [0.1, 0.15) is 107 Å². The first-order chi connectivity index (χ1) is 20.6. The van der Waals surface area contributed by atoms with E-state index in [-0.39, 0.29) is 42.6 Å². The second kappa shape index (κ2) is 14.2. The zero-order chi connectivity index (χ0) is 30.6. The SMILES string of the molecule is CCCCCC1COC(C2CCC(C(F)(F)Oc3ccc(C4CCC(c5cc(F)c(F)c(F)c5)CC4)c(F)c3)CC2)OC1. The van der Waals surface area contributed by atoms with Crippen LogP contribution in [0.4, 0.5) is 26.3 Å². The first kappa shape index (κ1) is 32.1. The number of unbranched alkanes of at least 4 members (excludes halogenated alkanes) is 2. The van der Waals surface area contributed by atoms with Crippen molar-refractivity contribution in [2.24, 2.45) is 17.8 Å². The highest BCUT2D eigenvalue weighted by Gasteiger charge is 2.45. The molecule has 0 atom stereocenters. The van der Waals surface area contributed by atoms with Crippen molar-refractivity contribution in [1.29, 1.82) is 0 Å². The Morgan fingerprint density at radius 1 is 0.767 bits per heavy atom. The van der Waals surface area contributed by atoms with Crippen molar-refractivity contribution in [3.8, 4) is 5.75 Å². The van der Waals surface area contributed by atoms with Crippen LogP contribution in [-0.4, -0.2) is 25.6 Å². The van der Waals surface area contributed by atoms with Crippen molar-refractivity contribution in [3.63, 3.8) is 0 Å². The minimum atomic E-state index is -3.44. The van der Waals surface area contributed by atoms with Gasteiger partial charge >= 0.3 is 6.11 Å². The summed E-state index contributed by atoms with van der Waals surface area (Å²) in [6.45, 7) is 3.49. The Kier molecular flexibility index (Phi) is 10.6. The highest BCUT2D eigenvalue weighted by atomic mass is 19.3. The van der Waals surface area contributed by atoms with Gasteiger partial charge in [0.15, 0.2) is 23.7 Å². The number of rotatable bonds is 10. The van der Waals surface area contributed by atoms with Crippen LogP contribution in [0.5, 0.6) is 5.75 Å². The van der Waals surface area contributed by atoms with E-state index in [9.17, 15) is 13.2 Å². The van der Waals surface area contributed by atoms with Gasteiger partial charge in [-0.15, -0.1) is 0 Å². The Bertz CT molecular complexity index is 1180. The van der Waals surface area contributed by atoms with Crippen LogP contribution in [0.3, 0.4) is 0 Å². The normalized spacial score (nSPS) is 28.5. The van der Waals surface area contributed by atoms with E-state index in [0.717, 1.165) is 31.0 Å². The van der Waals surface area contributed by atoms with Crippen molar-refractivity contribution in [2.75, 3.05) is 13.2 Å². The molecule has 43 heavy (non-hydrogen) atoms. The molecule has 5 rings (SSSR count). The molecule has 3 nitrogen and oxygen atoms in total. The lowest BCUT2D eigenvalue weighted by Crippen LogP contribution is -2.42. The van der Waals surface area contributed by atoms with E-state index in [1.165, 1.54) is 25.0 Å². The van der Waals surface area contributed by atoms with Crippen molar-refractivity contribution >= 4 is 0 Å². The molecule has 0 unspecified atom stereocenters. The average molecular weight is 613 g/mol. The summed E-state index contributed by atoms with van der Waals surface area (Å²) in [5.41, 5.74) is 0.798. The molecule has 2 saturated carbocycles. The van der Waals surface area contributed by atoms with E-state index >= 15 is 13.2 Å². The van der Waals surface area contributed by atoms with Gasteiger partial charge in [-0.1, -0.05) is 32.3 Å². The summed E-state index contributed by atoms with van der Waals surface area (Å²) in [5, 5.41) is 0. The molecule has 2 aliphatic carbocycles. The van der Waals surface area contributed by atoms with Crippen LogP contribution in [0.2, 0.25) is 0 Å². The molecule has 2 aromatic carbocycles. The van der Waals surface area contributed by atoms with E-state index in [1.54, 1.807) is 0 Å². The van der Waals surface area contributed by atoms with Gasteiger partial charge in [0.05, 0.1) is 19.1 Å². The molecule has 0 bridgehead atoms. The van der Waals surface area contributed by atoms with Gasteiger partial charge in [-0.3, -0.25) is 0 Å². The number of hydrogen-bond acceptors (Lipinski definition) is 3. The van der Waals surface area contributed by atoms with Gasteiger partial charge in [0.25, 0.3) is 0 Å². The van der Waals surface area contributed by atoms with Crippen LogP contribution in [0, 0.1) is 41.0 Å². The van der Waals surface area contributed by atoms with Gasteiger partial charge in [0.1, 0.15) is 11.6 Å². The van der Waals surface area contributed by atoms with E-state index in [1.807, 2.05) is 0 Å². The summed E-state index contributed by atoms with van der Waals surface area (Å²) in [6, 6.07) is 5.93. The Hall–Kier alpha value is -2.26. The topological polar surface area (TPSA) is 27.7 Å². The number of alkyl halides is 2. The lowest BCUT2D eigenvalue weighted by Gasteiger charge is -2.39. The molecule has 1 saturated heterocycles. The molecule has 1 aliphatic heterocycles. The fourth-order valence-corrected chi connectivity index (χ4v) is 7.10. The van der Waals surface area contributed by atoms with Crippen LogP contribution in [0.15, 0.2) is 30.3 Å². The fourth-order valence-electron chi connectivity index (χ4n) is 7.10. The maximum absolute atomic E-state index is 15.2. The van der Waals surface area contributed by atoms with Crippen molar-refractivity contribution in [1.82, 2.24) is 0 Å². The second-order valence-electron chi connectivity index (χ2n) is 12.7. The lowest BCUT2D eigenvalue weighted by molar-refractivity contribution is -0.247. The highest BCUT2D eigenvalue weighted by Crippen LogP contribution is 2.44. The summed E-state index contributed by atoms with van der Waals surface area (Å²) in [6.07, 6.45) is 4.70. The van der Waals surface area contributed by atoms with Crippen molar-refractivity contribution < 1.29 is 40.6 Å². The van der Waals surface area contributed by atoms with Crippen molar-refractivity contribution in [3.05, 3.63) is 64.7 Å². The molecule has 3 fully saturated rings. The molecule has 0 amide bonds. The third-order valence-corrected chi connectivity index (χ3v) is 9.71. The summed E-state index contributed by atoms with van der Waals surface area (Å²) in [7, 11) is 0. The van der Waals surface area contributed by atoms with Crippen molar-refractivity contribution in [2.45, 2.75) is 108 Å². The predicted molar refractivity (Wildman–Crippen MR) is 151 cm³/mol. The number of halogens is 6. The van der Waals surface area contributed by atoms with E-state index in [0.29, 0.717) is 68.8 Å². The lowest BCUT2D eigenvalue weighted by atomic mass is 9.76. The summed E-state index contributed by atoms with van der Waals surface area (Å²) in [5.74, 6) is -5.58. The van der Waals surface area contributed by atoms with E-state index < -0.39 is 35.3 Å². The van der Waals surface area contributed by atoms with Crippen LogP contribution in [-0.2, 0) is 9.47 Å². The first-order valence-corrected chi connectivity index (χ1v) is 15.9. The Morgan fingerprint density at radius 2 is 1.40 bits per heavy atom. The number of benzene rings is 2. The zero-order valence-electron chi connectivity index (χ0n) is 24.7. The molecule has 238 valence electrons. The van der Waals surface area contributed by atoms with Crippen LogP contribution in [0.25, 0.3) is 0 Å². The summed E-state index contributed by atoms with van der Waals surface area (Å²) in [4.78, 5) is 0. The smallest absolute Gasteiger partial charge is 0.400 e. The molecule has 9 heteroatoms. The van der Waals surface area contributed by atoms with Gasteiger partial charge in [-0.25, -0.2) is 17.6 Å². The summed E-state index contributed by atoms with van der Waals surface area (Å²) >= 11 is 0. The molecule has 2 aromatic rings. The minimum absolute atomic E-state index is 0.0802. The third kappa shape index (κ3) is 7.88. The molecule has 0 aromatic heterocycles. The zero-order valence-corrected chi connectivity index (χ0v) is 24.7. The Balaban J connectivity index is 1.09. The highest BCUT2D eigenvalue weighted by molar-refractivity contribution is 5.32. The largest absolute Gasteiger partial charge is 0.432 e. The quantitative estimate of drug-likeness (QED) is 0.152. The Labute approximate surface area is 250 Å². The number of hydrogen-bond donors (Lipinski definition) is 0. The molecule has 1 heterocycles. The van der Waals surface area contributed by atoms with Gasteiger partial charge in [0.2, 0.25) is 0 Å². The average Bonchev–Trinajstić information content (AvgIpc) is 3.00. The molecular weight excluding hydrogens is 570 g/mol. The molecular formula is C34H42F6O3. The predicted octanol–water partition coefficient (Wildman–Crippen LogP) is 10.0. The maximum atomic E-state index is 15.2. The molecule has 0 radical (unpaired) electrons. The number of ether oxygens (including phenoxy) is 3. The van der Waals surface area contributed by atoms with Gasteiger partial charge < -0.3 is 14.2 Å². The fraction of sp³-hybridized carbons (Fsp3) is 0.647. The summed E-state index contributed by atoms with van der Waals surface area (Å²) < 4.78 is 103. The monoisotopic (exact) mass is 612 g/mol. The van der Waals surface area contributed by atoms with E-state index in [4.69, 9.17) is 14.2 Å². The van der Waals surface area contributed by atoms with Crippen LogP contribution < -0.4 is 4.74 Å². The third-order valence-electron chi connectivity index (χ3n) is 9.71. The maximum Gasteiger partial charge on any atom is 0.400 e. The van der Waals surface area contributed by atoms with Crippen LogP contribution >= 0.6 is 0 Å². The first-order valence-electron chi connectivity index (χ1n) is 15.9. The molecule has 0 N–H and O–H groups in total. The Morgan fingerprint density at radius 3 is 2.00 bits per heavy atom.